The molecule has 0 amide bonds. The third kappa shape index (κ3) is 4.54. The van der Waals surface area contributed by atoms with Crippen molar-refractivity contribution in [1.29, 1.82) is 0 Å². The van der Waals surface area contributed by atoms with Gasteiger partial charge in [-0.3, -0.25) is 4.98 Å². The Morgan fingerprint density at radius 2 is 1.31 bits per heavy atom. The van der Waals surface area contributed by atoms with Gasteiger partial charge in [0.05, 0.1) is 5.69 Å². The summed E-state index contributed by atoms with van der Waals surface area (Å²) in [5, 5.41) is 2.49. The summed E-state index contributed by atoms with van der Waals surface area (Å²) in [7, 11) is 0. The van der Waals surface area contributed by atoms with Crippen molar-refractivity contribution < 1.29 is 0 Å². The molecule has 180 valence electrons. The second-order valence-corrected chi connectivity index (χ2v) is 10.4. The van der Waals surface area contributed by atoms with Crippen LogP contribution in [0.1, 0.15) is 89.2 Å². The van der Waals surface area contributed by atoms with Gasteiger partial charge in [-0.05, 0) is 52.6 Å². The van der Waals surface area contributed by atoms with Crippen molar-refractivity contribution in [2.24, 2.45) is 0 Å². The smallest absolute Gasteiger partial charge is 0.0780 e. The molecular weight excluding hydrogens is 422 g/mol. The van der Waals surface area contributed by atoms with E-state index in [1.165, 1.54) is 91.7 Å². The number of rotatable bonds is 11. The van der Waals surface area contributed by atoms with Crippen molar-refractivity contribution >= 4 is 10.8 Å². The highest BCUT2D eigenvalue weighted by Crippen LogP contribution is 2.55. The maximum Gasteiger partial charge on any atom is 0.0780 e. The summed E-state index contributed by atoms with van der Waals surface area (Å²) in [4.78, 5) is 4.87. The predicted molar refractivity (Wildman–Crippen MR) is 151 cm³/mol. The number of hydrogen-bond donors (Lipinski definition) is 0. The third-order valence-corrected chi connectivity index (χ3v) is 8.13. The SMILES string of the molecule is CCCCCCC1(CCCCCC)c2ccccc2-c2ccc(-c3nccc4ccccc34)cc21. The highest BCUT2D eigenvalue weighted by Gasteiger charge is 2.42. The van der Waals surface area contributed by atoms with Crippen LogP contribution in [0.15, 0.2) is 79.0 Å². The van der Waals surface area contributed by atoms with E-state index in [0.717, 1.165) is 5.69 Å². The van der Waals surface area contributed by atoms with Crippen molar-refractivity contribution in [3.8, 4) is 22.4 Å². The van der Waals surface area contributed by atoms with Gasteiger partial charge in [0, 0.05) is 22.6 Å². The van der Waals surface area contributed by atoms with Gasteiger partial charge in [0.2, 0.25) is 0 Å². The lowest BCUT2D eigenvalue weighted by molar-refractivity contribution is 0.401. The van der Waals surface area contributed by atoms with E-state index in [1.54, 1.807) is 11.1 Å². The zero-order valence-electron chi connectivity index (χ0n) is 21.5. The second kappa shape index (κ2) is 10.8. The van der Waals surface area contributed by atoms with Crippen molar-refractivity contribution in [2.75, 3.05) is 0 Å². The van der Waals surface area contributed by atoms with Crippen LogP contribution in [0.25, 0.3) is 33.2 Å². The van der Waals surface area contributed by atoms with Crippen LogP contribution in [-0.4, -0.2) is 4.98 Å². The zero-order chi connectivity index (χ0) is 24.1. The molecule has 0 unspecified atom stereocenters. The normalized spacial score (nSPS) is 13.7. The average Bonchev–Trinajstić information content (AvgIpc) is 3.18. The standard InChI is InChI=1S/C34H39N/c1-3-5-7-13-22-34(23-14-8-6-4-2)31-18-12-11-17-29(31)30-20-19-27(25-32(30)34)33-28-16-10-9-15-26(28)21-24-35-33/h9-12,15-21,24-25H,3-8,13-14,22-23H2,1-2H3. The lowest BCUT2D eigenvalue weighted by Gasteiger charge is -2.33. The van der Waals surface area contributed by atoms with Gasteiger partial charge in [-0.2, -0.15) is 0 Å². The Labute approximate surface area is 211 Å². The first-order valence-electron chi connectivity index (χ1n) is 13.9. The molecule has 0 N–H and O–H groups in total. The van der Waals surface area contributed by atoms with Crippen molar-refractivity contribution in [2.45, 2.75) is 83.5 Å². The lowest BCUT2D eigenvalue weighted by atomic mass is 9.70. The van der Waals surface area contributed by atoms with Gasteiger partial charge < -0.3 is 0 Å². The third-order valence-electron chi connectivity index (χ3n) is 8.13. The molecule has 4 aromatic rings. The molecule has 1 aromatic heterocycles. The number of unbranched alkanes of at least 4 members (excludes halogenated alkanes) is 6. The molecule has 0 fully saturated rings. The molecule has 0 saturated heterocycles. The number of nitrogens with zero attached hydrogens (tertiary/aromatic N) is 1. The molecule has 1 aliphatic carbocycles. The fraction of sp³-hybridized carbons (Fsp3) is 0.382. The summed E-state index contributed by atoms with van der Waals surface area (Å²) in [5.41, 5.74) is 8.47. The van der Waals surface area contributed by atoms with Crippen LogP contribution in [0.3, 0.4) is 0 Å². The van der Waals surface area contributed by atoms with Crippen molar-refractivity contribution in [3.05, 3.63) is 90.1 Å². The molecule has 0 bridgehead atoms. The molecule has 1 heteroatoms. The zero-order valence-corrected chi connectivity index (χ0v) is 21.5. The monoisotopic (exact) mass is 461 g/mol. The summed E-state index contributed by atoms with van der Waals surface area (Å²) < 4.78 is 0. The molecule has 0 aliphatic heterocycles. The van der Waals surface area contributed by atoms with Gasteiger partial charge in [-0.25, -0.2) is 0 Å². The first kappa shape index (κ1) is 23.8. The van der Waals surface area contributed by atoms with Crippen molar-refractivity contribution in [1.82, 2.24) is 4.98 Å². The van der Waals surface area contributed by atoms with E-state index in [9.17, 15) is 0 Å². The van der Waals surface area contributed by atoms with E-state index in [2.05, 4.69) is 86.6 Å². The highest BCUT2D eigenvalue weighted by molar-refractivity contribution is 5.95. The van der Waals surface area contributed by atoms with Crippen LogP contribution in [-0.2, 0) is 5.41 Å². The Bertz CT molecular complexity index is 1270. The maximum absolute atomic E-state index is 4.87. The largest absolute Gasteiger partial charge is 0.256 e. The summed E-state index contributed by atoms with van der Waals surface area (Å²) >= 11 is 0. The van der Waals surface area contributed by atoms with Crippen LogP contribution < -0.4 is 0 Å². The van der Waals surface area contributed by atoms with E-state index < -0.39 is 0 Å². The molecule has 0 atom stereocenters. The van der Waals surface area contributed by atoms with E-state index in [1.807, 2.05) is 6.20 Å². The molecule has 35 heavy (non-hydrogen) atoms. The van der Waals surface area contributed by atoms with Crippen LogP contribution >= 0.6 is 0 Å². The number of benzene rings is 3. The van der Waals surface area contributed by atoms with E-state index in [0.29, 0.717) is 0 Å². The summed E-state index contributed by atoms with van der Waals surface area (Å²) in [5.74, 6) is 0. The van der Waals surface area contributed by atoms with Crippen molar-refractivity contribution in [3.63, 3.8) is 0 Å². The van der Waals surface area contributed by atoms with Gasteiger partial charge in [0.15, 0.2) is 0 Å². The fourth-order valence-electron chi connectivity index (χ4n) is 6.32. The van der Waals surface area contributed by atoms with Gasteiger partial charge >= 0.3 is 0 Å². The minimum absolute atomic E-state index is 0.119. The highest BCUT2D eigenvalue weighted by atomic mass is 14.7. The van der Waals surface area contributed by atoms with Gasteiger partial charge in [0.1, 0.15) is 0 Å². The Morgan fingerprint density at radius 1 is 0.629 bits per heavy atom. The van der Waals surface area contributed by atoms with E-state index >= 15 is 0 Å². The number of pyridine rings is 1. The minimum Gasteiger partial charge on any atom is -0.256 e. The molecule has 0 spiro atoms. The van der Waals surface area contributed by atoms with E-state index in [4.69, 9.17) is 4.98 Å². The first-order chi connectivity index (χ1) is 17.3. The molecular formula is C34H39N. The second-order valence-electron chi connectivity index (χ2n) is 10.4. The Balaban J connectivity index is 1.63. The fourth-order valence-corrected chi connectivity index (χ4v) is 6.32. The van der Waals surface area contributed by atoms with Gasteiger partial charge in [-0.15, -0.1) is 0 Å². The lowest BCUT2D eigenvalue weighted by Crippen LogP contribution is -2.25. The van der Waals surface area contributed by atoms with E-state index in [-0.39, 0.29) is 5.41 Å². The number of hydrogen-bond acceptors (Lipinski definition) is 1. The molecule has 3 aromatic carbocycles. The predicted octanol–water partition coefficient (Wildman–Crippen LogP) is 10.1. The van der Waals surface area contributed by atoms with Crippen LogP contribution in [0.4, 0.5) is 0 Å². The van der Waals surface area contributed by atoms with Gasteiger partial charge in [-0.1, -0.05) is 126 Å². The summed E-state index contributed by atoms with van der Waals surface area (Å²) in [6.45, 7) is 4.62. The minimum atomic E-state index is 0.119. The molecule has 0 radical (unpaired) electrons. The topological polar surface area (TPSA) is 12.9 Å². The maximum atomic E-state index is 4.87. The van der Waals surface area contributed by atoms with Crippen LogP contribution in [0, 0.1) is 0 Å². The molecule has 1 aliphatic rings. The summed E-state index contributed by atoms with van der Waals surface area (Å²) in [6.07, 6.45) is 14.9. The summed E-state index contributed by atoms with van der Waals surface area (Å²) in [6, 6.07) is 27.2. The first-order valence-corrected chi connectivity index (χ1v) is 13.9. The average molecular weight is 462 g/mol. The molecule has 5 rings (SSSR count). The molecule has 0 saturated carbocycles. The quantitative estimate of drug-likeness (QED) is 0.202. The van der Waals surface area contributed by atoms with Crippen LogP contribution in [0.5, 0.6) is 0 Å². The van der Waals surface area contributed by atoms with Gasteiger partial charge in [0.25, 0.3) is 0 Å². The molecule has 1 nitrogen and oxygen atoms in total. The Morgan fingerprint density at radius 3 is 2.09 bits per heavy atom. The number of fused-ring (bicyclic) bond motifs is 4. The molecule has 1 heterocycles. The Kier molecular flexibility index (Phi) is 7.32. The van der Waals surface area contributed by atoms with Crippen LogP contribution in [0.2, 0.25) is 0 Å². The Hall–Kier alpha value is -2.93. The number of aromatic nitrogens is 1.